The van der Waals surface area contributed by atoms with Crippen LogP contribution in [0.25, 0.3) is 0 Å². The Hall–Kier alpha value is -1.97. The van der Waals surface area contributed by atoms with Gasteiger partial charge >= 0.3 is 5.97 Å². The van der Waals surface area contributed by atoms with Crippen molar-refractivity contribution in [2.45, 2.75) is 122 Å². The number of aliphatic carboxylic acids is 1. The van der Waals surface area contributed by atoms with Crippen LogP contribution in [-0.4, -0.2) is 21.3 Å². The predicted octanol–water partition coefficient (Wildman–Crippen LogP) is 9.97. The van der Waals surface area contributed by atoms with E-state index in [0.717, 1.165) is 18.4 Å². The summed E-state index contributed by atoms with van der Waals surface area (Å²) in [6, 6.07) is 0. The van der Waals surface area contributed by atoms with Crippen molar-refractivity contribution in [3.63, 3.8) is 0 Å². The van der Waals surface area contributed by atoms with Gasteiger partial charge in [0.2, 0.25) is 0 Å². The van der Waals surface area contributed by atoms with E-state index in [1.54, 1.807) is 24.3 Å². The third kappa shape index (κ3) is 19.8. The van der Waals surface area contributed by atoms with Gasteiger partial charge in [-0.15, -0.1) is 0 Å². The number of carbonyl (C=O) groups is 1. The normalized spacial score (nSPS) is 13.0. The molecule has 0 aromatic heterocycles. The van der Waals surface area contributed by atoms with Gasteiger partial charge in [0.1, 0.15) is 5.76 Å². The number of aliphatic hydroxyl groups excluding tert-OH is 2. The number of rotatable bonds is 19. The van der Waals surface area contributed by atoms with E-state index >= 15 is 0 Å². The Balaban J connectivity index is 0.000000837. The number of carboxylic acids is 1. The van der Waals surface area contributed by atoms with Crippen molar-refractivity contribution in [1.29, 1.82) is 0 Å². The van der Waals surface area contributed by atoms with E-state index in [1.165, 1.54) is 89.9 Å². The van der Waals surface area contributed by atoms with E-state index < -0.39 is 5.97 Å². The van der Waals surface area contributed by atoms with Crippen molar-refractivity contribution in [3.8, 4) is 0 Å². The fourth-order valence-corrected chi connectivity index (χ4v) is 4.31. The molecule has 0 saturated carbocycles. The first-order valence-electron chi connectivity index (χ1n) is 14.3. The molecule has 4 nitrogen and oxygen atoms in total. The van der Waals surface area contributed by atoms with Crippen LogP contribution in [0.3, 0.4) is 0 Å². The molecule has 0 amide bonds. The number of unbranched alkanes of at least 4 members (excludes halogenated alkanes) is 14. The zero-order valence-electron chi connectivity index (χ0n) is 23.0. The summed E-state index contributed by atoms with van der Waals surface area (Å²) in [6.45, 7) is 2.28. The fourth-order valence-electron chi connectivity index (χ4n) is 4.31. The van der Waals surface area contributed by atoms with Crippen molar-refractivity contribution in [3.05, 3.63) is 71.3 Å². The van der Waals surface area contributed by atoms with E-state index in [2.05, 4.69) is 6.92 Å². The van der Waals surface area contributed by atoms with E-state index in [0.29, 0.717) is 11.3 Å². The molecule has 5 heteroatoms. The Labute approximate surface area is 236 Å². The molecular weight excluding hydrogens is 504 g/mol. The van der Waals surface area contributed by atoms with E-state index in [4.69, 9.17) is 5.11 Å². The molecule has 2 rings (SSSR count). The molecule has 0 bridgehead atoms. The maximum atomic E-state index is 10.1. The molecule has 0 radical (unpaired) electrons. The van der Waals surface area contributed by atoms with Crippen LogP contribution in [0.1, 0.15) is 122 Å². The third-order valence-corrected chi connectivity index (χ3v) is 6.58. The molecule has 0 aromatic rings. The molecular formula is C32H50FeO4. The van der Waals surface area contributed by atoms with Crippen LogP contribution in [-0.2, 0) is 21.9 Å². The molecule has 0 fully saturated rings. The average molecular weight is 555 g/mol. The van der Waals surface area contributed by atoms with E-state index in [-0.39, 0.29) is 35.7 Å². The smallest absolute Gasteiger partial charge is 0.303 e. The van der Waals surface area contributed by atoms with Crippen molar-refractivity contribution >= 4 is 5.97 Å². The molecule has 2 aliphatic rings. The van der Waals surface area contributed by atoms with Gasteiger partial charge in [-0.2, -0.15) is 0 Å². The van der Waals surface area contributed by atoms with Gasteiger partial charge in [0.05, 0.1) is 12.2 Å². The van der Waals surface area contributed by atoms with Crippen molar-refractivity contribution in [2.75, 3.05) is 0 Å². The Morgan fingerprint density at radius 1 is 0.514 bits per heavy atom. The molecule has 0 saturated heterocycles. The molecule has 0 spiro atoms. The monoisotopic (exact) mass is 554 g/mol. The molecule has 0 heterocycles. The molecule has 37 heavy (non-hydrogen) atoms. The minimum Gasteiger partial charge on any atom is -0.512 e. The minimum atomic E-state index is -0.895. The molecule has 210 valence electrons. The Morgan fingerprint density at radius 2 is 0.838 bits per heavy atom. The van der Waals surface area contributed by atoms with E-state index in [1.807, 2.05) is 24.3 Å². The number of hydrogen-bond acceptors (Lipinski definition) is 3. The summed E-state index contributed by atoms with van der Waals surface area (Å²) in [5.41, 5.74) is 1.71. The zero-order valence-corrected chi connectivity index (χ0v) is 24.1. The van der Waals surface area contributed by atoms with Crippen LogP contribution < -0.4 is 0 Å². The summed E-state index contributed by atoms with van der Waals surface area (Å²) in [6.07, 6.45) is 36.8. The predicted molar refractivity (Wildman–Crippen MR) is 152 cm³/mol. The molecule has 0 unspecified atom stereocenters. The SMILES string of the molecule is CCCCCCCCCCCCCCCCCC(O)=C1C=CC=C1.O=C(O)CCC(O)=C1C=CC=C1.[Fe]. The summed E-state index contributed by atoms with van der Waals surface area (Å²) in [4.78, 5) is 10.1. The minimum absolute atomic E-state index is 0. The van der Waals surface area contributed by atoms with Gasteiger partial charge in [0.25, 0.3) is 0 Å². The second-order valence-corrected chi connectivity index (χ2v) is 9.83. The Morgan fingerprint density at radius 3 is 1.19 bits per heavy atom. The first-order chi connectivity index (χ1) is 17.5. The van der Waals surface area contributed by atoms with Gasteiger partial charge < -0.3 is 15.3 Å². The number of carboxylic acid groups (broad SMARTS) is 1. The quantitative estimate of drug-likeness (QED) is 0.0843. The maximum Gasteiger partial charge on any atom is 0.303 e. The number of hydrogen-bond donors (Lipinski definition) is 3. The fraction of sp³-hybridized carbons (Fsp3) is 0.594. The average Bonchev–Trinajstić information content (AvgIpc) is 3.60. The zero-order chi connectivity index (χ0) is 26.3. The summed E-state index contributed by atoms with van der Waals surface area (Å²) >= 11 is 0. The van der Waals surface area contributed by atoms with Gasteiger partial charge in [-0.3, -0.25) is 4.79 Å². The standard InChI is InChI=1S/C23H40O.C9H10O3.Fe/c1-2-3-4-5-6-7-8-9-10-11-12-13-14-15-16-21-23(24)22-19-17-18-20-22;10-8(5-6-9(11)12)7-3-1-2-4-7;/h17-20,24H,2-16,21H2,1H3;1-4,10H,5-6H2,(H,11,12);. The van der Waals surface area contributed by atoms with Crippen LogP contribution in [0, 0.1) is 0 Å². The second-order valence-electron chi connectivity index (χ2n) is 9.83. The first-order valence-corrected chi connectivity index (χ1v) is 14.3. The Kier molecular flexibility index (Phi) is 23.1. The first kappa shape index (κ1) is 35.0. The van der Waals surface area contributed by atoms with Crippen LogP contribution in [0.4, 0.5) is 0 Å². The third-order valence-electron chi connectivity index (χ3n) is 6.58. The van der Waals surface area contributed by atoms with Gasteiger partial charge in [-0.05, 0) is 6.42 Å². The molecule has 0 atom stereocenters. The van der Waals surface area contributed by atoms with E-state index in [9.17, 15) is 15.0 Å². The number of aliphatic hydroxyl groups is 2. The second kappa shape index (κ2) is 24.4. The number of allylic oxidation sites excluding steroid dienone is 12. The molecule has 3 N–H and O–H groups in total. The van der Waals surface area contributed by atoms with Crippen molar-refractivity contribution in [2.24, 2.45) is 0 Å². The van der Waals surface area contributed by atoms with Crippen LogP contribution >= 0.6 is 0 Å². The summed E-state index contributed by atoms with van der Waals surface area (Å²) in [5, 5.41) is 27.6. The van der Waals surface area contributed by atoms with Gasteiger partial charge in [-0.25, -0.2) is 0 Å². The van der Waals surface area contributed by atoms with Gasteiger partial charge in [-0.1, -0.05) is 145 Å². The van der Waals surface area contributed by atoms with Gasteiger partial charge in [0, 0.05) is 41.1 Å². The summed E-state index contributed by atoms with van der Waals surface area (Å²) in [5.74, 6) is -0.190. The van der Waals surface area contributed by atoms with Crippen LogP contribution in [0.5, 0.6) is 0 Å². The largest absolute Gasteiger partial charge is 0.512 e. The van der Waals surface area contributed by atoms with Crippen molar-refractivity contribution < 1.29 is 37.2 Å². The Bertz CT molecular complexity index is 759. The van der Waals surface area contributed by atoms with Gasteiger partial charge in [0.15, 0.2) is 0 Å². The summed E-state index contributed by atoms with van der Waals surface area (Å²) < 4.78 is 0. The molecule has 0 aromatic carbocycles. The van der Waals surface area contributed by atoms with Crippen molar-refractivity contribution in [1.82, 2.24) is 0 Å². The topological polar surface area (TPSA) is 77.8 Å². The summed E-state index contributed by atoms with van der Waals surface area (Å²) in [7, 11) is 0. The molecule has 2 aliphatic carbocycles. The maximum absolute atomic E-state index is 10.1. The molecule has 0 aliphatic heterocycles. The van der Waals surface area contributed by atoms with Crippen LogP contribution in [0.15, 0.2) is 71.3 Å². The van der Waals surface area contributed by atoms with Crippen LogP contribution in [0.2, 0.25) is 0 Å².